The molecule has 1 aliphatic heterocycles. The predicted octanol–water partition coefficient (Wildman–Crippen LogP) is 1.40. The molecule has 3 heteroatoms. The monoisotopic (exact) mass is 215 g/mol. The van der Waals surface area contributed by atoms with Gasteiger partial charge in [-0.3, -0.25) is 0 Å². The number of likely N-dealkylation sites (tertiary alicyclic amines) is 1. The molecule has 0 spiro atoms. The van der Waals surface area contributed by atoms with Crippen LogP contribution in [0.25, 0.3) is 0 Å². The number of thiol groups is 1. The Bertz CT molecular complexity index is 188. The molecule has 1 saturated carbocycles. The topological polar surface area (TPSA) is 23.5 Å². The molecular weight excluding hydrogens is 194 g/mol. The molecule has 0 aromatic heterocycles. The van der Waals surface area contributed by atoms with Crippen LogP contribution in [-0.4, -0.2) is 41.5 Å². The van der Waals surface area contributed by atoms with Gasteiger partial charge in [-0.05, 0) is 49.8 Å². The van der Waals surface area contributed by atoms with Crippen molar-refractivity contribution in [3.8, 4) is 0 Å². The molecule has 2 nitrogen and oxygen atoms in total. The van der Waals surface area contributed by atoms with Crippen LogP contribution in [0, 0.1) is 11.8 Å². The van der Waals surface area contributed by atoms with Crippen molar-refractivity contribution >= 4 is 12.6 Å². The van der Waals surface area contributed by atoms with E-state index < -0.39 is 0 Å². The molecule has 1 saturated heterocycles. The first-order valence-electron chi connectivity index (χ1n) is 5.81. The van der Waals surface area contributed by atoms with Gasteiger partial charge in [-0.2, -0.15) is 12.6 Å². The highest BCUT2D eigenvalue weighted by molar-refractivity contribution is 7.80. The first-order valence-corrected chi connectivity index (χ1v) is 6.44. The minimum atomic E-state index is -0.0129. The average Bonchev–Trinajstić information content (AvgIpc) is 2.56. The summed E-state index contributed by atoms with van der Waals surface area (Å²) < 4.78 is 0. The molecule has 82 valence electrons. The summed E-state index contributed by atoms with van der Waals surface area (Å²) in [6.45, 7) is 3.69. The van der Waals surface area contributed by atoms with Crippen molar-refractivity contribution in [2.24, 2.45) is 11.8 Å². The minimum absolute atomic E-state index is 0.0129. The lowest BCUT2D eigenvalue weighted by molar-refractivity contribution is 0.0865. The molecule has 0 aromatic rings. The van der Waals surface area contributed by atoms with Crippen LogP contribution in [0.2, 0.25) is 0 Å². The van der Waals surface area contributed by atoms with Gasteiger partial charge in [0.1, 0.15) is 0 Å². The Kier molecular flexibility index (Phi) is 3.74. The molecule has 2 aliphatic rings. The highest BCUT2D eigenvalue weighted by Crippen LogP contribution is 2.36. The molecule has 1 N–H and O–H groups in total. The smallest absolute Gasteiger partial charge is 0.0543 e. The molecule has 2 rings (SSSR count). The van der Waals surface area contributed by atoms with Crippen molar-refractivity contribution in [3.63, 3.8) is 0 Å². The average molecular weight is 215 g/mol. The molecule has 0 amide bonds. The van der Waals surface area contributed by atoms with Crippen molar-refractivity contribution in [1.29, 1.82) is 0 Å². The Balaban J connectivity index is 1.80. The number of rotatable bonds is 3. The lowest BCUT2D eigenvalue weighted by Crippen LogP contribution is -2.26. The van der Waals surface area contributed by atoms with Crippen molar-refractivity contribution in [2.75, 3.05) is 25.4 Å². The quantitative estimate of drug-likeness (QED) is 0.695. The lowest BCUT2D eigenvalue weighted by atomic mass is 9.80. The zero-order valence-electron chi connectivity index (χ0n) is 8.73. The standard InChI is InChI=1S/C11H21NOS/c13-11-3-2-9-7-12(4-1-5-14)8-10(9)6-11/h9-11,13-14H,1-8H2. The first-order chi connectivity index (χ1) is 6.79. The molecule has 1 aliphatic carbocycles. The third kappa shape index (κ3) is 2.44. The van der Waals surface area contributed by atoms with Gasteiger partial charge in [0.05, 0.1) is 6.10 Å². The molecule has 3 atom stereocenters. The molecule has 1 heterocycles. The molecule has 0 bridgehead atoms. The van der Waals surface area contributed by atoms with Gasteiger partial charge >= 0.3 is 0 Å². The van der Waals surface area contributed by atoms with E-state index in [0.717, 1.165) is 30.4 Å². The molecule has 2 fully saturated rings. The second-order valence-corrected chi connectivity index (χ2v) is 5.27. The maximum atomic E-state index is 9.59. The van der Waals surface area contributed by atoms with Gasteiger partial charge in [-0.15, -0.1) is 0 Å². The third-order valence-corrected chi connectivity index (χ3v) is 4.05. The van der Waals surface area contributed by atoms with Crippen LogP contribution in [0.5, 0.6) is 0 Å². The van der Waals surface area contributed by atoms with Gasteiger partial charge in [-0.1, -0.05) is 0 Å². The van der Waals surface area contributed by atoms with Gasteiger partial charge in [0.2, 0.25) is 0 Å². The van der Waals surface area contributed by atoms with Crippen LogP contribution >= 0.6 is 12.6 Å². The maximum Gasteiger partial charge on any atom is 0.0543 e. The molecule has 3 unspecified atom stereocenters. The summed E-state index contributed by atoms with van der Waals surface area (Å²) in [6.07, 6.45) is 4.50. The van der Waals surface area contributed by atoms with E-state index in [-0.39, 0.29) is 6.10 Å². The van der Waals surface area contributed by atoms with Crippen molar-refractivity contribution in [2.45, 2.75) is 31.8 Å². The van der Waals surface area contributed by atoms with Crippen LogP contribution in [0.1, 0.15) is 25.7 Å². The summed E-state index contributed by atoms with van der Waals surface area (Å²) in [5.74, 6) is 2.64. The Labute approximate surface area is 92.1 Å². The predicted molar refractivity (Wildman–Crippen MR) is 61.7 cm³/mol. The zero-order valence-corrected chi connectivity index (χ0v) is 9.62. The van der Waals surface area contributed by atoms with E-state index >= 15 is 0 Å². The highest BCUT2D eigenvalue weighted by Gasteiger charge is 2.36. The van der Waals surface area contributed by atoms with Crippen molar-refractivity contribution in [1.82, 2.24) is 4.90 Å². The van der Waals surface area contributed by atoms with Crippen LogP contribution in [0.3, 0.4) is 0 Å². The number of hydrogen-bond donors (Lipinski definition) is 2. The summed E-state index contributed by atoms with van der Waals surface area (Å²) >= 11 is 4.24. The van der Waals surface area contributed by atoms with Gasteiger partial charge in [0.15, 0.2) is 0 Å². The van der Waals surface area contributed by atoms with E-state index in [1.54, 1.807) is 0 Å². The van der Waals surface area contributed by atoms with Gasteiger partial charge in [0, 0.05) is 13.1 Å². The molecule has 0 aromatic carbocycles. The van der Waals surface area contributed by atoms with E-state index in [4.69, 9.17) is 0 Å². The molecule has 14 heavy (non-hydrogen) atoms. The van der Waals surface area contributed by atoms with E-state index in [9.17, 15) is 5.11 Å². The number of aliphatic hydroxyl groups excluding tert-OH is 1. The Morgan fingerprint density at radius 1 is 1.21 bits per heavy atom. The van der Waals surface area contributed by atoms with Gasteiger partial charge < -0.3 is 10.0 Å². The Hall–Kier alpha value is 0.270. The second-order valence-electron chi connectivity index (χ2n) is 4.82. The summed E-state index contributed by atoms with van der Waals surface area (Å²) in [4.78, 5) is 2.56. The fraction of sp³-hybridized carbons (Fsp3) is 1.00. The third-order valence-electron chi connectivity index (χ3n) is 3.73. The van der Waals surface area contributed by atoms with Crippen molar-refractivity contribution < 1.29 is 5.11 Å². The number of nitrogens with zero attached hydrogens (tertiary/aromatic N) is 1. The van der Waals surface area contributed by atoms with E-state index in [1.807, 2.05) is 0 Å². The fourth-order valence-electron chi connectivity index (χ4n) is 2.98. The SMILES string of the molecule is OC1CCC2CN(CCCS)CC2C1. The van der Waals surface area contributed by atoms with E-state index in [0.29, 0.717) is 0 Å². The van der Waals surface area contributed by atoms with Crippen LogP contribution in [0.15, 0.2) is 0 Å². The summed E-state index contributed by atoms with van der Waals surface area (Å²) in [5.41, 5.74) is 0. The van der Waals surface area contributed by atoms with Crippen LogP contribution in [0.4, 0.5) is 0 Å². The second kappa shape index (κ2) is 4.86. The van der Waals surface area contributed by atoms with E-state index in [2.05, 4.69) is 17.5 Å². The number of fused-ring (bicyclic) bond motifs is 1. The summed E-state index contributed by atoms with van der Waals surface area (Å²) in [5, 5.41) is 9.59. The highest BCUT2D eigenvalue weighted by atomic mass is 32.1. The summed E-state index contributed by atoms with van der Waals surface area (Å²) in [7, 11) is 0. The Morgan fingerprint density at radius 2 is 2.00 bits per heavy atom. The van der Waals surface area contributed by atoms with E-state index in [1.165, 1.54) is 32.5 Å². The van der Waals surface area contributed by atoms with Crippen LogP contribution in [-0.2, 0) is 0 Å². The normalized spacial score (nSPS) is 38.6. The largest absolute Gasteiger partial charge is 0.393 e. The molecular formula is C11H21NOS. The number of aliphatic hydroxyl groups is 1. The zero-order chi connectivity index (χ0) is 9.97. The maximum absolute atomic E-state index is 9.59. The van der Waals surface area contributed by atoms with Gasteiger partial charge in [-0.25, -0.2) is 0 Å². The minimum Gasteiger partial charge on any atom is -0.393 e. The number of hydrogen-bond acceptors (Lipinski definition) is 3. The summed E-state index contributed by atoms with van der Waals surface area (Å²) in [6, 6.07) is 0. The first kappa shape index (κ1) is 10.8. The van der Waals surface area contributed by atoms with Crippen molar-refractivity contribution in [3.05, 3.63) is 0 Å². The van der Waals surface area contributed by atoms with Crippen LogP contribution < -0.4 is 0 Å². The molecule has 0 radical (unpaired) electrons. The van der Waals surface area contributed by atoms with Gasteiger partial charge in [0.25, 0.3) is 0 Å². The Morgan fingerprint density at radius 3 is 2.79 bits per heavy atom. The lowest BCUT2D eigenvalue weighted by Gasteiger charge is -2.27. The fourth-order valence-corrected chi connectivity index (χ4v) is 3.12.